The summed E-state index contributed by atoms with van der Waals surface area (Å²) in [5.41, 5.74) is 1.14. The molecule has 0 amide bonds. The van der Waals surface area contributed by atoms with Crippen molar-refractivity contribution in [1.82, 2.24) is 5.32 Å². The number of ether oxygens (including phenoxy) is 1. The summed E-state index contributed by atoms with van der Waals surface area (Å²) >= 11 is 0. The van der Waals surface area contributed by atoms with Crippen LogP contribution in [0.4, 0.5) is 0 Å². The van der Waals surface area contributed by atoms with Crippen molar-refractivity contribution in [3.05, 3.63) is 24.2 Å². The normalized spacial score (nSPS) is 26.2. The Kier molecular flexibility index (Phi) is 4.02. The lowest BCUT2D eigenvalue weighted by molar-refractivity contribution is -0.0690. The Morgan fingerprint density at radius 2 is 2.19 bits per heavy atom. The third-order valence-corrected chi connectivity index (χ3v) is 3.50. The molecule has 0 saturated carbocycles. The van der Waals surface area contributed by atoms with Gasteiger partial charge in [-0.1, -0.05) is 26.7 Å². The van der Waals surface area contributed by atoms with E-state index in [4.69, 9.17) is 9.15 Å². The van der Waals surface area contributed by atoms with E-state index in [1.807, 2.05) is 6.07 Å². The van der Waals surface area contributed by atoms with E-state index in [-0.39, 0.29) is 6.10 Å². The van der Waals surface area contributed by atoms with E-state index in [1.54, 1.807) is 12.5 Å². The molecular formula is C13H21NO2. The van der Waals surface area contributed by atoms with Crippen LogP contribution in [-0.2, 0) is 4.74 Å². The fourth-order valence-corrected chi connectivity index (χ4v) is 2.41. The summed E-state index contributed by atoms with van der Waals surface area (Å²) < 4.78 is 11.3. The molecule has 16 heavy (non-hydrogen) atoms. The van der Waals surface area contributed by atoms with Gasteiger partial charge in [0.2, 0.25) is 0 Å². The Morgan fingerprint density at radius 3 is 2.81 bits per heavy atom. The summed E-state index contributed by atoms with van der Waals surface area (Å²) in [4.78, 5) is 0. The van der Waals surface area contributed by atoms with Gasteiger partial charge in [0.1, 0.15) is 0 Å². The first kappa shape index (κ1) is 11.7. The smallest absolute Gasteiger partial charge is 0.0984 e. The standard InChI is InChI=1S/C13H21NO2/c1-3-10(4-2)12-7-14-8-13(16-12)11-5-6-15-9-11/h5-6,9-10,12-14H,3-4,7-8H2,1-2H3. The molecule has 0 aliphatic carbocycles. The number of furan rings is 1. The van der Waals surface area contributed by atoms with Crippen LogP contribution in [0.25, 0.3) is 0 Å². The highest BCUT2D eigenvalue weighted by molar-refractivity contribution is 5.11. The second kappa shape index (κ2) is 5.51. The predicted molar refractivity (Wildman–Crippen MR) is 63.3 cm³/mol. The van der Waals surface area contributed by atoms with E-state index in [0.717, 1.165) is 18.7 Å². The molecule has 1 fully saturated rings. The molecule has 1 aliphatic rings. The van der Waals surface area contributed by atoms with Gasteiger partial charge in [-0.15, -0.1) is 0 Å². The van der Waals surface area contributed by atoms with Crippen molar-refractivity contribution in [3.8, 4) is 0 Å². The Bertz CT molecular complexity index is 293. The first-order valence-corrected chi connectivity index (χ1v) is 6.23. The number of rotatable bonds is 4. The summed E-state index contributed by atoms with van der Waals surface area (Å²) in [6.45, 7) is 6.33. The summed E-state index contributed by atoms with van der Waals surface area (Å²) in [5, 5.41) is 3.46. The minimum Gasteiger partial charge on any atom is -0.472 e. The summed E-state index contributed by atoms with van der Waals surface area (Å²) in [6, 6.07) is 1.99. The van der Waals surface area contributed by atoms with Crippen molar-refractivity contribution in [2.24, 2.45) is 5.92 Å². The van der Waals surface area contributed by atoms with Gasteiger partial charge in [-0.05, 0) is 12.0 Å². The lowest BCUT2D eigenvalue weighted by Crippen LogP contribution is -2.44. The number of hydrogen-bond donors (Lipinski definition) is 1. The topological polar surface area (TPSA) is 34.4 Å². The first-order valence-electron chi connectivity index (χ1n) is 6.23. The average Bonchev–Trinajstić information content (AvgIpc) is 2.85. The van der Waals surface area contributed by atoms with Gasteiger partial charge >= 0.3 is 0 Å². The Hall–Kier alpha value is -0.800. The zero-order chi connectivity index (χ0) is 11.4. The first-order chi connectivity index (χ1) is 7.85. The van der Waals surface area contributed by atoms with E-state index in [9.17, 15) is 0 Å². The summed E-state index contributed by atoms with van der Waals surface area (Å²) in [7, 11) is 0. The molecule has 2 heterocycles. The van der Waals surface area contributed by atoms with Gasteiger partial charge in [-0.2, -0.15) is 0 Å². The van der Waals surface area contributed by atoms with Crippen molar-refractivity contribution in [3.63, 3.8) is 0 Å². The molecule has 2 atom stereocenters. The predicted octanol–water partition coefficient (Wildman–Crippen LogP) is 2.75. The van der Waals surface area contributed by atoms with Crippen molar-refractivity contribution in [2.45, 2.75) is 38.9 Å². The Balaban J connectivity index is 1.98. The molecule has 2 rings (SSSR count). The van der Waals surface area contributed by atoms with Gasteiger partial charge in [0.05, 0.1) is 24.7 Å². The molecule has 0 radical (unpaired) electrons. The van der Waals surface area contributed by atoms with E-state index < -0.39 is 0 Å². The van der Waals surface area contributed by atoms with Gasteiger partial charge in [0.15, 0.2) is 0 Å². The fourth-order valence-electron chi connectivity index (χ4n) is 2.41. The number of hydrogen-bond acceptors (Lipinski definition) is 3. The monoisotopic (exact) mass is 223 g/mol. The van der Waals surface area contributed by atoms with Gasteiger partial charge in [-0.25, -0.2) is 0 Å². The minimum atomic E-state index is 0.151. The second-order valence-corrected chi connectivity index (χ2v) is 4.45. The highest BCUT2D eigenvalue weighted by Gasteiger charge is 2.28. The van der Waals surface area contributed by atoms with Gasteiger partial charge in [0, 0.05) is 18.7 Å². The van der Waals surface area contributed by atoms with Gasteiger partial charge in [0.25, 0.3) is 0 Å². The van der Waals surface area contributed by atoms with E-state index in [0.29, 0.717) is 12.0 Å². The van der Waals surface area contributed by atoms with Crippen LogP contribution in [0.5, 0.6) is 0 Å². The third-order valence-electron chi connectivity index (χ3n) is 3.50. The quantitative estimate of drug-likeness (QED) is 0.852. The van der Waals surface area contributed by atoms with Crippen molar-refractivity contribution in [1.29, 1.82) is 0 Å². The number of nitrogens with one attached hydrogen (secondary N) is 1. The van der Waals surface area contributed by atoms with Gasteiger partial charge in [-0.3, -0.25) is 0 Å². The zero-order valence-electron chi connectivity index (χ0n) is 10.1. The maximum Gasteiger partial charge on any atom is 0.0984 e. The van der Waals surface area contributed by atoms with Crippen LogP contribution < -0.4 is 5.32 Å². The van der Waals surface area contributed by atoms with Crippen molar-refractivity contribution < 1.29 is 9.15 Å². The van der Waals surface area contributed by atoms with Crippen LogP contribution in [0.2, 0.25) is 0 Å². The molecular weight excluding hydrogens is 202 g/mol. The van der Waals surface area contributed by atoms with E-state index in [2.05, 4.69) is 19.2 Å². The molecule has 0 aromatic carbocycles. The highest BCUT2D eigenvalue weighted by Crippen LogP contribution is 2.27. The molecule has 1 aromatic rings. The summed E-state index contributed by atoms with van der Waals surface area (Å²) in [5.74, 6) is 0.655. The Labute approximate surface area is 97.2 Å². The Morgan fingerprint density at radius 1 is 1.38 bits per heavy atom. The lowest BCUT2D eigenvalue weighted by atomic mass is 9.95. The largest absolute Gasteiger partial charge is 0.472 e. The third kappa shape index (κ3) is 2.47. The van der Waals surface area contributed by atoms with Crippen LogP contribution in [0.15, 0.2) is 23.0 Å². The van der Waals surface area contributed by atoms with Crippen LogP contribution in [0, 0.1) is 5.92 Å². The minimum absolute atomic E-state index is 0.151. The maximum atomic E-state index is 6.15. The fraction of sp³-hybridized carbons (Fsp3) is 0.692. The zero-order valence-corrected chi connectivity index (χ0v) is 10.1. The molecule has 1 aliphatic heterocycles. The second-order valence-electron chi connectivity index (χ2n) is 4.45. The number of morpholine rings is 1. The molecule has 90 valence electrons. The van der Waals surface area contributed by atoms with Crippen molar-refractivity contribution in [2.75, 3.05) is 13.1 Å². The van der Waals surface area contributed by atoms with Crippen molar-refractivity contribution >= 4 is 0 Å². The molecule has 2 unspecified atom stereocenters. The molecule has 1 saturated heterocycles. The molecule has 1 N–H and O–H groups in total. The molecule has 0 spiro atoms. The highest BCUT2D eigenvalue weighted by atomic mass is 16.5. The average molecular weight is 223 g/mol. The molecule has 1 aromatic heterocycles. The van der Waals surface area contributed by atoms with Crippen LogP contribution in [0.1, 0.15) is 38.4 Å². The van der Waals surface area contributed by atoms with E-state index >= 15 is 0 Å². The van der Waals surface area contributed by atoms with Crippen LogP contribution in [0.3, 0.4) is 0 Å². The van der Waals surface area contributed by atoms with E-state index in [1.165, 1.54) is 12.8 Å². The molecule has 0 bridgehead atoms. The van der Waals surface area contributed by atoms with Crippen LogP contribution >= 0.6 is 0 Å². The maximum absolute atomic E-state index is 6.15. The van der Waals surface area contributed by atoms with Crippen LogP contribution in [-0.4, -0.2) is 19.2 Å². The molecule has 3 nitrogen and oxygen atoms in total. The molecule has 3 heteroatoms. The van der Waals surface area contributed by atoms with Gasteiger partial charge < -0.3 is 14.5 Å². The SMILES string of the molecule is CCC(CC)C1CNCC(c2ccoc2)O1. The lowest BCUT2D eigenvalue weighted by Gasteiger charge is -2.34. The summed E-state index contributed by atoms with van der Waals surface area (Å²) in [6.07, 6.45) is 6.34.